The Labute approximate surface area is 131 Å². The van der Waals surface area contributed by atoms with Crippen molar-refractivity contribution in [2.45, 2.75) is 19.4 Å². The SMILES string of the molecule is Brc1c2c3c(c4ccccc14)c1ccccc1n3CCC2. The molecule has 0 N–H and O–H groups in total. The van der Waals surface area contributed by atoms with Gasteiger partial charge in [-0.05, 0) is 51.2 Å². The Hall–Kier alpha value is -1.80. The molecule has 0 radical (unpaired) electrons. The highest BCUT2D eigenvalue weighted by molar-refractivity contribution is 9.10. The normalized spacial score (nSPS) is 14.3. The maximum Gasteiger partial charge on any atom is 0.0541 e. The molecular weight excluding hydrogens is 322 g/mol. The molecule has 1 aliphatic heterocycles. The van der Waals surface area contributed by atoms with E-state index in [9.17, 15) is 0 Å². The van der Waals surface area contributed by atoms with Gasteiger partial charge in [0, 0.05) is 27.3 Å². The van der Waals surface area contributed by atoms with Crippen molar-refractivity contribution in [3.8, 4) is 0 Å². The highest BCUT2D eigenvalue weighted by Gasteiger charge is 2.22. The molecule has 21 heavy (non-hydrogen) atoms. The molecule has 0 atom stereocenters. The smallest absolute Gasteiger partial charge is 0.0541 e. The molecule has 5 rings (SSSR count). The van der Waals surface area contributed by atoms with Gasteiger partial charge in [0.25, 0.3) is 0 Å². The fraction of sp³-hybridized carbons (Fsp3) is 0.158. The Bertz CT molecular complexity index is 1030. The van der Waals surface area contributed by atoms with Crippen molar-refractivity contribution in [2.24, 2.45) is 0 Å². The van der Waals surface area contributed by atoms with E-state index in [0.717, 1.165) is 13.0 Å². The summed E-state index contributed by atoms with van der Waals surface area (Å²) in [6.07, 6.45) is 2.38. The average molecular weight is 336 g/mol. The van der Waals surface area contributed by atoms with E-state index in [1.807, 2.05) is 0 Å². The third-order valence-electron chi connectivity index (χ3n) is 4.76. The minimum Gasteiger partial charge on any atom is -0.340 e. The van der Waals surface area contributed by atoms with E-state index >= 15 is 0 Å². The summed E-state index contributed by atoms with van der Waals surface area (Å²) in [7, 11) is 0. The van der Waals surface area contributed by atoms with Crippen molar-refractivity contribution < 1.29 is 0 Å². The van der Waals surface area contributed by atoms with E-state index in [1.165, 1.54) is 49.0 Å². The van der Waals surface area contributed by atoms with Crippen molar-refractivity contribution in [1.29, 1.82) is 0 Å². The highest BCUT2D eigenvalue weighted by Crippen LogP contribution is 2.43. The van der Waals surface area contributed by atoms with Crippen molar-refractivity contribution in [3.63, 3.8) is 0 Å². The first-order valence-electron chi connectivity index (χ1n) is 7.46. The van der Waals surface area contributed by atoms with E-state index in [-0.39, 0.29) is 0 Å². The van der Waals surface area contributed by atoms with Gasteiger partial charge in [0.05, 0.1) is 5.52 Å². The van der Waals surface area contributed by atoms with Crippen molar-refractivity contribution in [3.05, 3.63) is 58.6 Å². The van der Waals surface area contributed by atoms with Crippen molar-refractivity contribution in [2.75, 3.05) is 0 Å². The lowest BCUT2D eigenvalue weighted by molar-refractivity contribution is 0.650. The Kier molecular flexibility index (Phi) is 2.31. The fourth-order valence-corrected chi connectivity index (χ4v) is 4.65. The summed E-state index contributed by atoms with van der Waals surface area (Å²) < 4.78 is 3.80. The molecule has 1 nitrogen and oxygen atoms in total. The number of aromatic nitrogens is 1. The zero-order valence-electron chi connectivity index (χ0n) is 11.6. The van der Waals surface area contributed by atoms with Crippen molar-refractivity contribution >= 4 is 48.5 Å². The van der Waals surface area contributed by atoms with Gasteiger partial charge in [0.15, 0.2) is 0 Å². The number of hydrogen-bond acceptors (Lipinski definition) is 0. The molecule has 0 unspecified atom stereocenters. The summed E-state index contributed by atoms with van der Waals surface area (Å²) in [5.41, 5.74) is 4.29. The maximum atomic E-state index is 3.88. The lowest BCUT2D eigenvalue weighted by Crippen LogP contribution is -2.08. The molecule has 1 aromatic heterocycles. The molecule has 3 aromatic carbocycles. The van der Waals surface area contributed by atoms with E-state index in [1.54, 1.807) is 0 Å². The van der Waals surface area contributed by atoms with Crippen LogP contribution in [0.3, 0.4) is 0 Å². The lowest BCUT2D eigenvalue weighted by Gasteiger charge is -2.19. The molecule has 0 spiro atoms. The molecule has 2 heteroatoms. The van der Waals surface area contributed by atoms with E-state index < -0.39 is 0 Å². The quantitative estimate of drug-likeness (QED) is 0.391. The zero-order chi connectivity index (χ0) is 14.0. The first-order chi connectivity index (χ1) is 10.4. The molecule has 0 aliphatic carbocycles. The van der Waals surface area contributed by atoms with Gasteiger partial charge in [0.2, 0.25) is 0 Å². The molecule has 0 amide bonds. The molecule has 2 heterocycles. The zero-order valence-corrected chi connectivity index (χ0v) is 13.2. The van der Waals surface area contributed by atoms with Crippen LogP contribution in [0, 0.1) is 0 Å². The number of aryl methyl sites for hydroxylation is 2. The molecule has 102 valence electrons. The number of hydrogen-bond donors (Lipinski definition) is 0. The fourth-order valence-electron chi connectivity index (χ4n) is 3.92. The second kappa shape index (κ2) is 4.11. The third-order valence-corrected chi connectivity index (χ3v) is 5.67. The van der Waals surface area contributed by atoms with Gasteiger partial charge < -0.3 is 4.57 Å². The first-order valence-corrected chi connectivity index (χ1v) is 8.25. The van der Waals surface area contributed by atoms with E-state index in [2.05, 4.69) is 69.0 Å². The van der Waals surface area contributed by atoms with Crippen LogP contribution in [0.5, 0.6) is 0 Å². The Balaban J connectivity index is 2.21. The minimum atomic E-state index is 1.13. The van der Waals surface area contributed by atoms with Gasteiger partial charge in [0.1, 0.15) is 0 Å². The monoisotopic (exact) mass is 335 g/mol. The molecule has 4 aromatic rings. The number of halogens is 1. The third kappa shape index (κ3) is 1.41. The average Bonchev–Trinajstić information content (AvgIpc) is 2.88. The number of rotatable bonds is 0. The summed E-state index contributed by atoms with van der Waals surface area (Å²) in [6, 6.07) is 17.6. The molecule has 0 bridgehead atoms. The summed E-state index contributed by atoms with van der Waals surface area (Å²) in [5, 5.41) is 5.52. The minimum absolute atomic E-state index is 1.13. The van der Waals surface area contributed by atoms with Crippen LogP contribution in [0.25, 0.3) is 32.6 Å². The Morgan fingerprint density at radius 3 is 2.43 bits per heavy atom. The van der Waals surface area contributed by atoms with Crippen LogP contribution in [-0.2, 0) is 13.0 Å². The number of nitrogens with zero attached hydrogens (tertiary/aromatic N) is 1. The van der Waals surface area contributed by atoms with Crippen LogP contribution in [0.4, 0.5) is 0 Å². The van der Waals surface area contributed by atoms with E-state index in [0.29, 0.717) is 0 Å². The molecule has 1 aliphatic rings. The van der Waals surface area contributed by atoms with Crippen LogP contribution < -0.4 is 0 Å². The lowest BCUT2D eigenvalue weighted by atomic mass is 9.96. The Morgan fingerprint density at radius 1 is 0.857 bits per heavy atom. The Morgan fingerprint density at radius 2 is 1.57 bits per heavy atom. The van der Waals surface area contributed by atoms with Crippen molar-refractivity contribution in [1.82, 2.24) is 4.57 Å². The standard InChI is InChI=1S/C19H14BrN/c20-18-13-7-2-1-6-12(13)17-14-8-3-4-10-16(14)21-11-5-9-15(18)19(17)21/h1-4,6-8,10H,5,9,11H2. The van der Waals surface area contributed by atoms with Gasteiger partial charge in [-0.3, -0.25) is 0 Å². The number of para-hydroxylation sites is 1. The summed E-state index contributed by atoms with van der Waals surface area (Å²) >= 11 is 3.88. The van der Waals surface area contributed by atoms with Crippen LogP contribution in [0.15, 0.2) is 53.0 Å². The largest absolute Gasteiger partial charge is 0.340 e. The predicted molar refractivity (Wildman–Crippen MR) is 93.0 cm³/mol. The molecule has 0 fully saturated rings. The van der Waals surface area contributed by atoms with Gasteiger partial charge in [-0.1, -0.05) is 42.5 Å². The van der Waals surface area contributed by atoms with Gasteiger partial charge in [-0.2, -0.15) is 0 Å². The number of benzene rings is 3. The second-order valence-corrected chi connectivity index (χ2v) is 6.63. The van der Waals surface area contributed by atoms with Crippen LogP contribution in [-0.4, -0.2) is 4.57 Å². The summed E-state index contributed by atoms with van der Waals surface area (Å²) in [4.78, 5) is 0. The van der Waals surface area contributed by atoms with Gasteiger partial charge >= 0.3 is 0 Å². The molecule has 0 saturated carbocycles. The van der Waals surface area contributed by atoms with Gasteiger partial charge in [-0.25, -0.2) is 0 Å². The predicted octanol–water partition coefficient (Wildman–Crippen LogP) is 5.66. The molecular formula is C19H14BrN. The van der Waals surface area contributed by atoms with Crippen LogP contribution in [0.2, 0.25) is 0 Å². The number of fused-ring (bicyclic) bond motifs is 5. The summed E-state index contributed by atoms with van der Waals surface area (Å²) in [6.45, 7) is 1.13. The highest BCUT2D eigenvalue weighted by atomic mass is 79.9. The van der Waals surface area contributed by atoms with Crippen LogP contribution >= 0.6 is 15.9 Å². The maximum absolute atomic E-state index is 3.88. The van der Waals surface area contributed by atoms with Crippen LogP contribution in [0.1, 0.15) is 12.0 Å². The van der Waals surface area contributed by atoms with E-state index in [4.69, 9.17) is 0 Å². The summed E-state index contributed by atoms with van der Waals surface area (Å²) in [5.74, 6) is 0. The van der Waals surface area contributed by atoms with Gasteiger partial charge in [-0.15, -0.1) is 0 Å². The second-order valence-electron chi connectivity index (χ2n) is 5.83. The topological polar surface area (TPSA) is 4.93 Å². The molecule has 0 saturated heterocycles. The first kappa shape index (κ1) is 11.8.